The number of nitrogens with zero attached hydrogens (tertiary/aromatic N) is 1. The van der Waals surface area contributed by atoms with Gasteiger partial charge in [0, 0.05) is 23.9 Å². The van der Waals surface area contributed by atoms with Crippen molar-refractivity contribution in [3.05, 3.63) is 54.4 Å². The predicted octanol–water partition coefficient (Wildman–Crippen LogP) is 3.41. The van der Waals surface area contributed by atoms with Crippen molar-refractivity contribution in [1.29, 1.82) is 0 Å². The van der Waals surface area contributed by atoms with Crippen LogP contribution in [-0.2, 0) is 4.79 Å². The number of hydrogen-bond donors (Lipinski definition) is 2. The van der Waals surface area contributed by atoms with Crippen molar-refractivity contribution in [3.8, 4) is 5.75 Å². The van der Waals surface area contributed by atoms with Crippen LogP contribution >= 0.6 is 0 Å². The van der Waals surface area contributed by atoms with Gasteiger partial charge in [0.05, 0.1) is 12.7 Å². The minimum absolute atomic E-state index is 0.00886. The fourth-order valence-electron chi connectivity index (χ4n) is 2.30. The summed E-state index contributed by atoms with van der Waals surface area (Å²) >= 11 is 0. The smallest absolute Gasteiger partial charge is 0.251 e. The molecule has 6 heteroatoms. The van der Waals surface area contributed by atoms with E-state index in [1.807, 2.05) is 19.9 Å². The van der Waals surface area contributed by atoms with Gasteiger partial charge >= 0.3 is 0 Å². The van der Waals surface area contributed by atoms with Crippen LogP contribution in [0.15, 0.2) is 48.8 Å². The maximum Gasteiger partial charge on any atom is 0.251 e. The third-order valence-corrected chi connectivity index (χ3v) is 3.71. The molecule has 1 aromatic heterocycles. The maximum atomic E-state index is 12.2. The number of carbonyl (C=O) groups is 2. The summed E-state index contributed by atoms with van der Waals surface area (Å²) in [6, 6.07) is 10.5. The van der Waals surface area contributed by atoms with Crippen molar-refractivity contribution in [2.24, 2.45) is 0 Å². The molecule has 0 bridgehead atoms. The van der Waals surface area contributed by atoms with Gasteiger partial charge in [-0.2, -0.15) is 0 Å². The molecule has 1 atom stereocenters. The van der Waals surface area contributed by atoms with Crippen LogP contribution in [-0.4, -0.2) is 29.4 Å². The average Bonchev–Trinajstić information content (AvgIpc) is 2.66. The summed E-state index contributed by atoms with van der Waals surface area (Å²) in [5, 5.41) is 5.66. The van der Waals surface area contributed by atoms with E-state index in [0.29, 0.717) is 30.0 Å². The Morgan fingerprint density at radius 2 is 1.96 bits per heavy atom. The quantitative estimate of drug-likeness (QED) is 0.722. The highest BCUT2D eigenvalue weighted by Crippen LogP contribution is 2.11. The Morgan fingerprint density at radius 3 is 2.62 bits per heavy atom. The lowest BCUT2D eigenvalue weighted by Crippen LogP contribution is -2.33. The number of pyridine rings is 1. The van der Waals surface area contributed by atoms with Crippen molar-refractivity contribution < 1.29 is 14.3 Å². The lowest BCUT2D eigenvalue weighted by atomic mass is 10.2. The summed E-state index contributed by atoms with van der Waals surface area (Å²) in [6.45, 7) is 4.30. The third kappa shape index (κ3) is 6.55. The van der Waals surface area contributed by atoms with Gasteiger partial charge in [-0.05, 0) is 49.7 Å². The van der Waals surface area contributed by atoms with E-state index in [1.165, 1.54) is 0 Å². The van der Waals surface area contributed by atoms with Crippen LogP contribution in [0.3, 0.4) is 0 Å². The van der Waals surface area contributed by atoms with Crippen LogP contribution in [0.1, 0.15) is 43.5 Å². The van der Waals surface area contributed by atoms with Crippen LogP contribution < -0.4 is 15.4 Å². The summed E-state index contributed by atoms with van der Waals surface area (Å²) < 4.78 is 5.67. The van der Waals surface area contributed by atoms with Gasteiger partial charge in [0.1, 0.15) is 11.9 Å². The van der Waals surface area contributed by atoms with E-state index < -0.39 is 0 Å². The zero-order valence-electron chi connectivity index (χ0n) is 15.2. The molecule has 1 aromatic carbocycles. The molecule has 0 aliphatic rings. The Bertz CT molecular complexity index is 702. The van der Waals surface area contributed by atoms with Gasteiger partial charge in [0.25, 0.3) is 5.91 Å². The van der Waals surface area contributed by atoms with Crippen molar-refractivity contribution in [2.45, 2.75) is 39.2 Å². The maximum absolute atomic E-state index is 12.2. The number of hydrogen-bond acceptors (Lipinski definition) is 4. The normalized spacial score (nSPS) is 11.5. The van der Waals surface area contributed by atoms with Gasteiger partial charge in [-0.3, -0.25) is 14.6 Å². The monoisotopic (exact) mass is 355 g/mol. The Labute approximate surface area is 154 Å². The van der Waals surface area contributed by atoms with Crippen molar-refractivity contribution in [1.82, 2.24) is 10.3 Å². The van der Waals surface area contributed by atoms with Crippen LogP contribution in [0.4, 0.5) is 5.69 Å². The highest BCUT2D eigenvalue weighted by Gasteiger charge is 2.10. The van der Waals surface area contributed by atoms with Crippen LogP contribution in [0, 0.1) is 0 Å². The summed E-state index contributed by atoms with van der Waals surface area (Å²) in [5.41, 5.74) is 1.22. The average molecular weight is 355 g/mol. The van der Waals surface area contributed by atoms with Crippen molar-refractivity contribution in [3.63, 3.8) is 0 Å². The van der Waals surface area contributed by atoms with Gasteiger partial charge in [-0.15, -0.1) is 0 Å². The molecular formula is C20H25N3O3. The molecule has 0 radical (unpaired) electrons. The highest BCUT2D eigenvalue weighted by molar-refractivity contribution is 5.95. The van der Waals surface area contributed by atoms with Crippen LogP contribution in [0.2, 0.25) is 0 Å². The van der Waals surface area contributed by atoms with E-state index >= 15 is 0 Å². The molecule has 138 valence electrons. The summed E-state index contributed by atoms with van der Waals surface area (Å²) in [7, 11) is 0. The van der Waals surface area contributed by atoms with E-state index in [-0.39, 0.29) is 17.9 Å². The number of unbranched alkanes of at least 4 members (excludes halogenated alkanes) is 1. The van der Waals surface area contributed by atoms with Crippen molar-refractivity contribution in [2.75, 3.05) is 11.9 Å². The van der Waals surface area contributed by atoms with E-state index in [0.717, 1.165) is 12.8 Å². The molecule has 0 saturated heterocycles. The summed E-state index contributed by atoms with van der Waals surface area (Å²) in [6.07, 6.45) is 5.48. The first kappa shape index (κ1) is 19.4. The first-order chi connectivity index (χ1) is 12.6. The minimum atomic E-state index is -0.185. The topological polar surface area (TPSA) is 80.3 Å². The Balaban J connectivity index is 1.79. The van der Waals surface area contributed by atoms with Gasteiger partial charge in [0.2, 0.25) is 5.91 Å². The van der Waals surface area contributed by atoms with Crippen LogP contribution in [0.5, 0.6) is 5.75 Å². The molecule has 0 spiro atoms. The SMILES string of the molecule is CCCCC(=O)Nc1ccc(C(=O)NC[C@@H](C)Oc2cccnc2)cc1. The van der Waals surface area contributed by atoms with E-state index in [1.54, 1.807) is 42.7 Å². The number of rotatable bonds is 9. The number of anilines is 1. The number of benzene rings is 1. The molecule has 2 N–H and O–H groups in total. The lowest BCUT2D eigenvalue weighted by molar-refractivity contribution is -0.116. The third-order valence-electron chi connectivity index (χ3n) is 3.71. The molecular weight excluding hydrogens is 330 g/mol. The molecule has 0 fully saturated rings. The Morgan fingerprint density at radius 1 is 1.19 bits per heavy atom. The number of nitrogens with one attached hydrogen (secondary N) is 2. The standard InChI is InChI=1S/C20H25N3O3/c1-3-4-7-19(24)23-17-10-8-16(9-11-17)20(25)22-13-15(2)26-18-6-5-12-21-14-18/h5-6,8-12,14-15H,3-4,7,13H2,1-2H3,(H,22,25)(H,23,24)/t15-/m1/s1. The van der Waals surface area contributed by atoms with E-state index in [9.17, 15) is 9.59 Å². The van der Waals surface area contributed by atoms with E-state index in [2.05, 4.69) is 15.6 Å². The molecule has 0 aliphatic heterocycles. The highest BCUT2D eigenvalue weighted by atomic mass is 16.5. The number of ether oxygens (including phenoxy) is 1. The Hall–Kier alpha value is -2.89. The predicted molar refractivity (Wildman–Crippen MR) is 101 cm³/mol. The summed E-state index contributed by atoms with van der Waals surface area (Å²) in [5.74, 6) is 0.471. The zero-order chi connectivity index (χ0) is 18.8. The van der Waals surface area contributed by atoms with Gasteiger partial charge in [-0.25, -0.2) is 0 Å². The van der Waals surface area contributed by atoms with E-state index in [4.69, 9.17) is 4.74 Å². The molecule has 2 aromatic rings. The summed E-state index contributed by atoms with van der Waals surface area (Å²) in [4.78, 5) is 27.9. The number of aromatic nitrogens is 1. The second-order valence-electron chi connectivity index (χ2n) is 6.06. The molecule has 26 heavy (non-hydrogen) atoms. The molecule has 0 unspecified atom stereocenters. The molecule has 0 saturated carbocycles. The second kappa shape index (κ2) is 10.2. The zero-order valence-corrected chi connectivity index (χ0v) is 15.2. The second-order valence-corrected chi connectivity index (χ2v) is 6.06. The molecule has 0 aliphatic carbocycles. The molecule has 1 heterocycles. The molecule has 2 rings (SSSR count). The largest absolute Gasteiger partial charge is 0.487 e. The van der Waals surface area contributed by atoms with Crippen molar-refractivity contribution >= 4 is 17.5 Å². The Kier molecular flexibility index (Phi) is 7.61. The number of carbonyl (C=O) groups excluding carboxylic acids is 2. The molecule has 6 nitrogen and oxygen atoms in total. The van der Waals surface area contributed by atoms with Gasteiger partial charge in [0.15, 0.2) is 0 Å². The molecule has 2 amide bonds. The minimum Gasteiger partial charge on any atom is -0.487 e. The first-order valence-electron chi connectivity index (χ1n) is 8.83. The first-order valence-corrected chi connectivity index (χ1v) is 8.83. The number of amides is 2. The lowest BCUT2D eigenvalue weighted by Gasteiger charge is -2.15. The van der Waals surface area contributed by atoms with Gasteiger partial charge in [-0.1, -0.05) is 13.3 Å². The fourth-order valence-corrected chi connectivity index (χ4v) is 2.30. The van der Waals surface area contributed by atoms with Crippen LogP contribution in [0.25, 0.3) is 0 Å². The fraction of sp³-hybridized carbons (Fsp3) is 0.350. The van der Waals surface area contributed by atoms with Gasteiger partial charge < -0.3 is 15.4 Å².